The predicted molar refractivity (Wildman–Crippen MR) is 29.7 cm³/mol. The van der Waals surface area contributed by atoms with Gasteiger partial charge >= 0.3 is 49.7 Å². The van der Waals surface area contributed by atoms with E-state index in [-0.39, 0.29) is 20.6 Å². The van der Waals surface area contributed by atoms with Crippen molar-refractivity contribution in [2.75, 3.05) is 0 Å². The van der Waals surface area contributed by atoms with Gasteiger partial charge in [0.05, 0.1) is 0 Å². The monoisotopic (exact) mass is 235 g/mol. The number of hydrogen-bond acceptors (Lipinski definition) is 0. The van der Waals surface area contributed by atoms with Gasteiger partial charge in [-0.05, 0) is 0 Å². The summed E-state index contributed by atoms with van der Waals surface area (Å²) in [6.07, 6.45) is 1.97. The molecule has 1 radical (unpaired) electrons. The van der Waals surface area contributed by atoms with Gasteiger partial charge in [-0.1, -0.05) is 0 Å². The molecule has 0 spiro atoms. The zero-order valence-corrected chi connectivity index (χ0v) is 7.83. The van der Waals surface area contributed by atoms with Crippen LogP contribution in [0.3, 0.4) is 0 Å². The van der Waals surface area contributed by atoms with E-state index in [0.29, 0.717) is 0 Å². The van der Waals surface area contributed by atoms with Crippen LogP contribution in [-0.4, -0.2) is 20.6 Å². The Morgan fingerprint density at radius 1 is 2.00 bits per heavy atom. The molecule has 0 heterocycles. The Balaban J connectivity index is 2.40. The minimum absolute atomic E-state index is 0.234. The van der Waals surface area contributed by atoms with Crippen molar-refractivity contribution in [3.63, 3.8) is 0 Å². The Kier molecular flexibility index (Phi) is 6.20. The Morgan fingerprint density at radius 2 is 2.60 bits per heavy atom. The summed E-state index contributed by atoms with van der Waals surface area (Å²) in [6, 6.07) is 0. The first-order valence-corrected chi connectivity index (χ1v) is 11.2. The fourth-order valence-electron chi connectivity index (χ4n) is 0.0630. The molecule has 2 heteroatoms. The maximum atomic E-state index is 3.57. The molecule has 0 aromatic heterocycles. The number of hydrogen-bond donors (Lipinski definition) is 0. The van der Waals surface area contributed by atoms with Crippen molar-refractivity contribution < 1.29 is 0 Å². The standard InChI is InChI=1S/C3H5.BrH.In/c1-3-2;;/h3H,1-2H2;1H;/q;;+1/p-1. The molecule has 0 bridgehead atoms. The van der Waals surface area contributed by atoms with Crippen molar-refractivity contribution in [3.05, 3.63) is 12.7 Å². The van der Waals surface area contributed by atoms with E-state index in [9.17, 15) is 0 Å². The zero-order chi connectivity index (χ0) is 4.12. The Morgan fingerprint density at radius 3 is 2.60 bits per heavy atom. The van der Waals surface area contributed by atoms with E-state index in [1.54, 1.807) is 0 Å². The molecule has 0 aromatic carbocycles. The van der Waals surface area contributed by atoms with E-state index in [1.165, 1.54) is 4.18 Å². The van der Waals surface area contributed by atoms with Crippen LogP contribution in [-0.2, 0) is 0 Å². The molecule has 5 heavy (non-hydrogen) atoms. The van der Waals surface area contributed by atoms with Gasteiger partial charge in [0, 0.05) is 0 Å². The molecular formula is C3H5BrIn. The van der Waals surface area contributed by atoms with Gasteiger partial charge in [-0.15, -0.1) is 0 Å². The summed E-state index contributed by atoms with van der Waals surface area (Å²) in [4.78, 5) is 0. The van der Waals surface area contributed by atoms with Crippen LogP contribution in [0, 0.1) is 0 Å². The normalized spacial score (nSPS) is 6.60. The molecule has 0 fully saturated rings. The van der Waals surface area contributed by atoms with Crippen LogP contribution < -0.4 is 0 Å². The zero-order valence-electron chi connectivity index (χ0n) is 2.95. The first kappa shape index (κ1) is 6.09. The van der Waals surface area contributed by atoms with Crippen molar-refractivity contribution in [1.29, 1.82) is 0 Å². The quantitative estimate of drug-likeness (QED) is 0.638. The van der Waals surface area contributed by atoms with Gasteiger partial charge < -0.3 is 0 Å². The van der Waals surface area contributed by atoms with Crippen molar-refractivity contribution in [1.82, 2.24) is 0 Å². The summed E-state index contributed by atoms with van der Waals surface area (Å²) in [7, 11) is 0. The van der Waals surface area contributed by atoms with Crippen molar-refractivity contribution >= 4 is 32.9 Å². The Bertz CT molecular complexity index is 28.1. The molecule has 0 atom stereocenters. The van der Waals surface area contributed by atoms with Gasteiger partial charge in [-0.2, -0.15) is 0 Å². The molecule has 0 aliphatic carbocycles. The van der Waals surface area contributed by atoms with Crippen LogP contribution in [0.15, 0.2) is 12.7 Å². The molecule has 0 saturated carbocycles. The molecule has 0 aromatic rings. The summed E-state index contributed by atoms with van der Waals surface area (Å²) in [5.74, 6) is 0. The van der Waals surface area contributed by atoms with Gasteiger partial charge in [0.2, 0.25) is 0 Å². The van der Waals surface area contributed by atoms with Crippen LogP contribution in [0.1, 0.15) is 0 Å². The summed E-state index contributed by atoms with van der Waals surface area (Å²) >= 11 is 3.19. The van der Waals surface area contributed by atoms with Crippen LogP contribution >= 0.6 is 12.3 Å². The fraction of sp³-hybridized carbons (Fsp3) is 0.333. The van der Waals surface area contributed by atoms with Gasteiger partial charge in [0.1, 0.15) is 0 Å². The maximum absolute atomic E-state index is 3.57. The van der Waals surface area contributed by atoms with E-state index in [2.05, 4.69) is 18.9 Å². The van der Waals surface area contributed by atoms with E-state index in [4.69, 9.17) is 0 Å². The summed E-state index contributed by atoms with van der Waals surface area (Å²) < 4.78 is 1.26. The second kappa shape index (κ2) is 5.09. The second-order valence-electron chi connectivity index (χ2n) is 0.679. The summed E-state index contributed by atoms with van der Waals surface area (Å²) in [6.45, 7) is 3.57. The molecule has 27 valence electrons. The van der Waals surface area contributed by atoms with Crippen LogP contribution in [0.2, 0.25) is 4.18 Å². The van der Waals surface area contributed by atoms with Crippen molar-refractivity contribution in [3.8, 4) is 0 Å². The second-order valence-corrected chi connectivity index (χ2v) is 7.25. The molecular weight excluding hydrogens is 231 g/mol. The third-order valence-corrected chi connectivity index (χ3v) is 4.22. The molecule has 0 aliphatic heterocycles. The topological polar surface area (TPSA) is 0 Å². The molecule has 0 nitrogen and oxygen atoms in total. The van der Waals surface area contributed by atoms with E-state index >= 15 is 0 Å². The van der Waals surface area contributed by atoms with Gasteiger partial charge in [-0.3, -0.25) is 0 Å². The third-order valence-electron chi connectivity index (χ3n) is 0.256. The average Bonchev–Trinajstić information content (AvgIpc) is 1.41. The van der Waals surface area contributed by atoms with Crippen molar-refractivity contribution in [2.45, 2.75) is 4.18 Å². The number of allylic oxidation sites excluding steroid dienone is 1. The Labute approximate surface area is 49.5 Å². The molecule has 0 rings (SSSR count). The first-order chi connectivity index (χ1) is 2.41. The molecule has 0 saturated heterocycles. The van der Waals surface area contributed by atoms with E-state index in [0.717, 1.165) is 0 Å². The SMILES string of the molecule is C=C[CH2][In][Br]. The van der Waals surface area contributed by atoms with E-state index < -0.39 is 0 Å². The number of halogens is 1. The minimum atomic E-state index is -0.234. The molecule has 0 amide bonds. The van der Waals surface area contributed by atoms with Crippen LogP contribution in [0.4, 0.5) is 0 Å². The Hall–Kier alpha value is 1.09. The first-order valence-electron chi connectivity index (χ1n) is 1.44. The molecule has 0 unspecified atom stereocenters. The average molecular weight is 236 g/mol. The fourth-order valence-corrected chi connectivity index (χ4v) is 2.20. The predicted octanol–water partition coefficient (Wildman–Crippen LogP) is 1.60. The van der Waals surface area contributed by atoms with Crippen LogP contribution in [0.5, 0.6) is 0 Å². The summed E-state index contributed by atoms with van der Waals surface area (Å²) in [5.41, 5.74) is 0. The van der Waals surface area contributed by atoms with Gasteiger partial charge in [0.25, 0.3) is 0 Å². The third kappa shape index (κ3) is 5.09. The van der Waals surface area contributed by atoms with E-state index in [1.807, 2.05) is 6.08 Å². The molecule has 0 N–H and O–H groups in total. The summed E-state index contributed by atoms with van der Waals surface area (Å²) in [5, 5.41) is 0. The van der Waals surface area contributed by atoms with Gasteiger partial charge in [0.15, 0.2) is 0 Å². The van der Waals surface area contributed by atoms with Crippen LogP contribution in [0.25, 0.3) is 0 Å². The van der Waals surface area contributed by atoms with Crippen molar-refractivity contribution in [2.24, 2.45) is 0 Å². The number of rotatable bonds is 2. The van der Waals surface area contributed by atoms with Gasteiger partial charge in [-0.25, -0.2) is 0 Å². The molecule has 0 aliphatic rings.